The van der Waals surface area contributed by atoms with Crippen molar-refractivity contribution < 1.29 is 19.1 Å². The Morgan fingerprint density at radius 1 is 1.00 bits per heavy atom. The minimum Gasteiger partial charge on any atom is -0.486 e. The van der Waals surface area contributed by atoms with Crippen molar-refractivity contribution in [1.82, 2.24) is 5.32 Å². The number of amides is 1. The highest BCUT2D eigenvalue weighted by Gasteiger charge is 2.32. The predicted octanol–water partition coefficient (Wildman–Crippen LogP) is 4.40. The van der Waals surface area contributed by atoms with Crippen LogP contribution in [0.25, 0.3) is 10.8 Å². The number of carbonyl (C=O) groups is 1. The summed E-state index contributed by atoms with van der Waals surface area (Å²) in [5, 5.41) is 15.5. The zero-order valence-electron chi connectivity index (χ0n) is 16.2. The Labute approximate surface area is 173 Å². The zero-order chi connectivity index (χ0) is 20.5. The van der Waals surface area contributed by atoms with Gasteiger partial charge in [0.25, 0.3) is 5.91 Å². The predicted molar refractivity (Wildman–Crippen MR) is 113 cm³/mol. The quantitative estimate of drug-likeness (QED) is 0.522. The highest BCUT2D eigenvalue weighted by Crippen LogP contribution is 2.31. The van der Waals surface area contributed by atoms with E-state index in [0.29, 0.717) is 12.2 Å². The van der Waals surface area contributed by atoms with Gasteiger partial charge in [-0.15, -0.1) is 0 Å². The molecule has 0 spiro atoms. The van der Waals surface area contributed by atoms with Crippen LogP contribution in [0.4, 0.5) is 0 Å². The van der Waals surface area contributed by atoms with Gasteiger partial charge in [0.1, 0.15) is 18.1 Å². The first-order valence-electron chi connectivity index (χ1n) is 9.94. The van der Waals surface area contributed by atoms with Crippen LogP contribution in [0, 0.1) is 0 Å². The van der Waals surface area contributed by atoms with Gasteiger partial charge in [-0.05, 0) is 46.2 Å². The summed E-state index contributed by atoms with van der Waals surface area (Å²) in [6.07, 6.45) is -0.110. The van der Waals surface area contributed by atoms with Gasteiger partial charge in [0, 0.05) is 6.42 Å². The number of hydrogen-bond acceptors (Lipinski definition) is 4. The molecule has 0 saturated heterocycles. The second-order valence-corrected chi connectivity index (χ2v) is 7.49. The van der Waals surface area contributed by atoms with E-state index in [9.17, 15) is 9.90 Å². The molecule has 0 saturated carbocycles. The normalized spacial score (nSPS) is 17.6. The molecule has 0 aliphatic heterocycles. The summed E-state index contributed by atoms with van der Waals surface area (Å²) in [6.45, 7) is 0.223. The van der Waals surface area contributed by atoms with Gasteiger partial charge in [-0.1, -0.05) is 54.6 Å². The molecular formula is C25H21NO4. The van der Waals surface area contributed by atoms with Crippen LogP contribution in [0.2, 0.25) is 0 Å². The molecule has 0 radical (unpaired) electrons. The summed E-state index contributed by atoms with van der Waals surface area (Å²) in [5.41, 5.74) is 2.00. The molecule has 0 unspecified atom stereocenters. The molecule has 150 valence electrons. The van der Waals surface area contributed by atoms with Crippen LogP contribution in [0.3, 0.4) is 0 Å². The number of nitrogens with one attached hydrogen (secondary N) is 1. The lowest BCUT2D eigenvalue weighted by Crippen LogP contribution is -2.33. The second-order valence-electron chi connectivity index (χ2n) is 7.49. The molecule has 2 atom stereocenters. The maximum Gasteiger partial charge on any atom is 0.287 e. The smallest absolute Gasteiger partial charge is 0.287 e. The Balaban J connectivity index is 1.24. The fourth-order valence-corrected chi connectivity index (χ4v) is 3.95. The highest BCUT2D eigenvalue weighted by molar-refractivity contribution is 5.92. The van der Waals surface area contributed by atoms with E-state index >= 15 is 0 Å². The highest BCUT2D eigenvalue weighted by atomic mass is 16.5. The summed E-state index contributed by atoms with van der Waals surface area (Å²) < 4.78 is 11.5. The zero-order valence-corrected chi connectivity index (χ0v) is 16.2. The number of furan rings is 1. The van der Waals surface area contributed by atoms with Gasteiger partial charge in [-0.2, -0.15) is 0 Å². The lowest BCUT2D eigenvalue weighted by molar-refractivity contribution is 0.0828. The molecular weight excluding hydrogens is 378 g/mol. The van der Waals surface area contributed by atoms with Crippen LogP contribution in [0.15, 0.2) is 83.3 Å². The van der Waals surface area contributed by atoms with Crippen molar-refractivity contribution in [3.8, 4) is 5.75 Å². The van der Waals surface area contributed by atoms with E-state index in [0.717, 1.165) is 27.6 Å². The minimum absolute atomic E-state index is 0.198. The summed E-state index contributed by atoms with van der Waals surface area (Å²) >= 11 is 0. The summed E-state index contributed by atoms with van der Waals surface area (Å²) in [7, 11) is 0. The number of hydrogen-bond donors (Lipinski definition) is 2. The molecule has 0 bridgehead atoms. The maximum atomic E-state index is 12.6. The molecule has 5 nitrogen and oxygen atoms in total. The molecule has 1 aliphatic rings. The first kappa shape index (κ1) is 18.5. The molecule has 3 aromatic carbocycles. The van der Waals surface area contributed by atoms with Crippen molar-refractivity contribution in [1.29, 1.82) is 0 Å². The Bertz CT molecular complexity index is 1210. The Kier molecular flexibility index (Phi) is 4.73. The lowest BCUT2D eigenvalue weighted by Gasteiger charge is -2.17. The van der Waals surface area contributed by atoms with Crippen LogP contribution in [0.5, 0.6) is 5.75 Å². The molecule has 2 N–H and O–H groups in total. The maximum absolute atomic E-state index is 12.6. The van der Waals surface area contributed by atoms with E-state index in [1.807, 2.05) is 60.7 Å². The topological polar surface area (TPSA) is 71.7 Å². The van der Waals surface area contributed by atoms with Crippen molar-refractivity contribution in [3.63, 3.8) is 0 Å². The van der Waals surface area contributed by atoms with E-state index in [1.54, 1.807) is 12.1 Å². The van der Waals surface area contributed by atoms with E-state index in [4.69, 9.17) is 9.15 Å². The van der Waals surface area contributed by atoms with Gasteiger partial charge in [-0.3, -0.25) is 4.79 Å². The summed E-state index contributed by atoms with van der Waals surface area (Å²) in [5.74, 6) is 1.14. The van der Waals surface area contributed by atoms with E-state index in [-0.39, 0.29) is 18.3 Å². The molecule has 0 fully saturated rings. The van der Waals surface area contributed by atoms with Gasteiger partial charge in [0.05, 0.1) is 12.1 Å². The minimum atomic E-state index is -0.642. The molecule has 5 heteroatoms. The Hall–Kier alpha value is -3.57. The third-order valence-corrected chi connectivity index (χ3v) is 5.48. The van der Waals surface area contributed by atoms with Crippen LogP contribution >= 0.6 is 0 Å². The van der Waals surface area contributed by atoms with E-state index < -0.39 is 12.1 Å². The number of aliphatic hydroxyl groups excluding tert-OH is 1. The van der Waals surface area contributed by atoms with Crippen molar-refractivity contribution >= 4 is 16.7 Å². The number of aliphatic hydroxyl groups is 1. The average Bonchev–Trinajstić information content (AvgIpc) is 3.37. The molecule has 1 aromatic heterocycles. The number of benzene rings is 3. The Morgan fingerprint density at radius 2 is 1.80 bits per heavy atom. The van der Waals surface area contributed by atoms with Gasteiger partial charge in [0.15, 0.2) is 5.76 Å². The van der Waals surface area contributed by atoms with Crippen molar-refractivity contribution in [2.45, 2.75) is 25.2 Å². The first-order chi connectivity index (χ1) is 14.7. The van der Waals surface area contributed by atoms with Gasteiger partial charge in [-0.25, -0.2) is 0 Å². The van der Waals surface area contributed by atoms with Crippen molar-refractivity contribution in [3.05, 3.63) is 102 Å². The van der Waals surface area contributed by atoms with Gasteiger partial charge in [0.2, 0.25) is 0 Å². The standard InChI is InChI=1S/C25H21NO4/c27-22-14-18-7-3-4-8-21(18)24(22)26-25(28)23-12-11-20(30-23)15-29-19-10-9-16-5-1-2-6-17(16)13-19/h1-13,22,24,27H,14-15H2,(H,26,28)/t22-,24+/m0/s1. The SMILES string of the molecule is O=C(N[C@@H]1c2ccccc2C[C@@H]1O)c1ccc(COc2ccc3ccccc3c2)o1. The van der Waals surface area contributed by atoms with Crippen molar-refractivity contribution in [2.24, 2.45) is 0 Å². The molecule has 1 amide bonds. The summed E-state index contributed by atoms with van der Waals surface area (Å²) in [4.78, 5) is 12.6. The van der Waals surface area contributed by atoms with E-state index in [2.05, 4.69) is 11.4 Å². The number of ether oxygens (including phenoxy) is 1. The average molecular weight is 399 g/mol. The largest absolute Gasteiger partial charge is 0.486 e. The number of carbonyl (C=O) groups excluding carboxylic acids is 1. The van der Waals surface area contributed by atoms with Crippen LogP contribution in [-0.2, 0) is 13.0 Å². The van der Waals surface area contributed by atoms with Crippen LogP contribution in [0.1, 0.15) is 33.5 Å². The number of rotatable bonds is 5. The van der Waals surface area contributed by atoms with Gasteiger partial charge >= 0.3 is 0 Å². The molecule has 1 heterocycles. The monoisotopic (exact) mass is 399 g/mol. The fraction of sp³-hybridized carbons (Fsp3) is 0.160. The first-order valence-corrected chi connectivity index (χ1v) is 9.94. The van der Waals surface area contributed by atoms with Crippen LogP contribution < -0.4 is 10.1 Å². The third kappa shape index (κ3) is 3.55. The lowest BCUT2D eigenvalue weighted by atomic mass is 10.1. The summed E-state index contributed by atoms with van der Waals surface area (Å²) in [6, 6.07) is 24.6. The van der Waals surface area contributed by atoms with Gasteiger partial charge < -0.3 is 19.6 Å². The number of fused-ring (bicyclic) bond motifs is 2. The molecule has 1 aliphatic carbocycles. The molecule has 30 heavy (non-hydrogen) atoms. The second kappa shape index (κ2) is 7.69. The van der Waals surface area contributed by atoms with Crippen molar-refractivity contribution in [2.75, 3.05) is 0 Å². The molecule has 4 aromatic rings. The Morgan fingerprint density at radius 3 is 2.70 bits per heavy atom. The molecule has 5 rings (SSSR count). The van der Waals surface area contributed by atoms with Crippen LogP contribution in [-0.4, -0.2) is 17.1 Å². The van der Waals surface area contributed by atoms with E-state index in [1.165, 1.54) is 0 Å². The fourth-order valence-electron chi connectivity index (χ4n) is 3.95. The third-order valence-electron chi connectivity index (χ3n) is 5.48.